The Hall–Kier alpha value is -2.78. The third-order valence-electron chi connectivity index (χ3n) is 4.43. The Bertz CT molecular complexity index is 1050. The number of ether oxygens (including phenoxy) is 2. The van der Waals surface area contributed by atoms with E-state index in [1.807, 2.05) is 12.1 Å². The lowest BCUT2D eigenvalue weighted by Crippen LogP contribution is -2.31. The molecule has 2 aromatic heterocycles. The summed E-state index contributed by atoms with van der Waals surface area (Å²) in [5, 5.41) is 8.57. The first kappa shape index (κ1) is 17.6. The third kappa shape index (κ3) is 3.43. The molecule has 1 fully saturated rings. The fourth-order valence-electron chi connectivity index (χ4n) is 3.09. The van der Waals surface area contributed by atoms with Gasteiger partial charge in [0.2, 0.25) is 21.8 Å². The Kier molecular flexibility index (Phi) is 4.63. The van der Waals surface area contributed by atoms with E-state index in [-0.39, 0.29) is 17.5 Å². The first-order valence-electron chi connectivity index (χ1n) is 8.46. The number of benzene rings is 1. The summed E-state index contributed by atoms with van der Waals surface area (Å²) in [5.74, 6) is 0.730. The molecule has 0 amide bonds. The zero-order valence-electron chi connectivity index (χ0n) is 14.6. The number of hydrogen-bond acceptors (Lipinski definition) is 7. The quantitative estimate of drug-likeness (QED) is 0.661. The molecule has 0 saturated carbocycles. The molecule has 0 spiro atoms. The van der Waals surface area contributed by atoms with Gasteiger partial charge in [0.25, 0.3) is 0 Å². The van der Waals surface area contributed by atoms with Crippen LogP contribution in [0.3, 0.4) is 0 Å². The number of sulfonamides is 1. The summed E-state index contributed by atoms with van der Waals surface area (Å²) in [6.45, 7) is 0.624. The number of hydrogen-bond donors (Lipinski definition) is 0. The van der Waals surface area contributed by atoms with E-state index in [9.17, 15) is 8.42 Å². The normalized spacial score (nSPS) is 17.9. The van der Waals surface area contributed by atoms with Crippen LogP contribution in [0.5, 0.6) is 11.8 Å². The molecule has 8 nitrogen and oxygen atoms in total. The molecule has 1 aromatic carbocycles. The fraction of sp³-hybridized carbons (Fsp3) is 0.278. The molecule has 3 heterocycles. The smallest absolute Gasteiger partial charge is 0.245 e. The van der Waals surface area contributed by atoms with E-state index in [0.29, 0.717) is 30.2 Å². The van der Waals surface area contributed by atoms with Crippen molar-refractivity contribution in [2.45, 2.75) is 17.4 Å². The molecule has 3 aromatic rings. The maximum Gasteiger partial charge on any atom is 0.245 e. The maximum atomic E-state index is 13.1. The van der Waals surface area contributed by atoms with Crippen molar-refractivity contribution >= 4 is 20.9 Å². The van der Waals surface area contributed by atoms with Gasteiger partial charge in [0.05, 0.1) is 19.2 Å². The third-order valence-corrected chi connectivity index (χ3v) is 6.33. The van der Waals surface area contributed by atoms with Gasteiger partial charge < -0.3 is 9.47 Å². The second-order valence-corrected chi connectivity index (χ2v) is 8.04. The van der Waals surface area contributed by atoms with Crippen molar-refractivity contribution in [3.8, 4) is 11.8 Å². The summed E-state index contributed by atoms with van der Waals surface area (Å²) >= 11 is 0. The SMILES string of the molecule is COc1ccc(O[C@@H]2CCN(S(=O)(=O)c3cccc4cccnc34)C2)nn1. The fourth-order valence-corrected chi connectivity index (χ4v) is 4.74. The van der Waals surface area contributed by atoms with Gasteiger partial charge in [0.1, 0.15) is 11.0 Å². The van der Waals surface area contributed by atoms with E-state index in [0.717, 1.165) is 5.39 Å². The van der Waals surface area contributed by atoms with Crippen LogP contribution in [0.1, 0.15) is 6.42 Å². The van der Waals surface area contributed by atoms with Gasteiger partial charge in [0, 0.05) is 30.3 Å². The second kappa shape index (κ2) is 7.09. The van der Waals surface area contributed by atoms with Crippen molar-refractivity contribution in [2.75, 3.05) is 20.2 Å². The van der Waals surface area contributed by atoms with Gasteiger partial charge in [-0.15, -0.1) is 10.2 Å². The van der Waals surface area contributed by atoms with Crippen LogP contribution in [-0.2, 0) is 10.0 Å². The van der Waals surface area contributed by atoms with Crippen molar-refractivity contribution in [1.29, 1.82) is 0 Å². The molecule has 1 atom stereocenters. The Morgan fingerprint density at radius 1 is 1.07 bits per heavy atom. The van der Waals surface area contributed by atoms with Gasteiger partial charge in [-0.05, 0) is 18.6 Å². The Balaban J connectivity index is 1.53. The van der Waals surface area contributed by atoms with Gasteiger partial charge in [-0.1, -0.05) is 18.2 Å². The number of fused-ring (bicyclic) bond motifs is 1. The minimum absolute atomic E-state index is 0.213. The van der Waals surface area contributed by atoms with Crippen LogP contribution in [0.15, 0.2) is 53.6 Å². The van der Waals surface area contributed by atoms with Gasteiger partial charge in [0.15, 0.2) is 0 Å². The van der Waals surface area contributed by atoms with Gasteiger partial charge in [-0.2, -0.15) is 4.31 Å². The number of pyridine rings is 1. The van der Waals surface area contributed by atoms with E-state index in [1.54, 1.807) is 36.5 Å². The molecule has 0 radical (unpaired) electrons. The van der Waals surface area contributed by atoms with Crippen LogP contribution < -0.4 is 9.47 Å². The molecular formula is C18H18N4O4S. The molecule has 1 saturated heterocycles. The number of methoxy groups -OCH3 is 1. The molecule has 9 heteroatoms. The maximum absolute atomic E-state index is 13.1. The lowest BCUT2D eigenvalue weighted by Gasteiger charge is -2.17. The van der Waals surface area contributed by atoms with Crippen molar-refractivity contribution in [1.82, 2.24) is 19.5 Å². The highest BCUT2D eigenvalue weighted by atomic mass is 32.2. The van der Waals surface area contributed by atoms with Crippen LogP contribution in [0.2, 0.25) is 0 Å². The summed E-state index contributed by atoms with van der Waals surface area (Å²) in [4.78, 5) is 4.47. The van der Waals surface area contributed by atoms with Crippen LogP contribution in [0.25, 0.3) is 10.9 Å². The molecule has 27 heavy (non-hydrogen) atoms. The summed E-state index contributed by atoms with van der Waals surface area (Å²) in [6, 6.07) is 12.1. The van der Waals surface area contributed by atoms with Crippen molar-refractivity contribution in [3.05, 3.63) is 48.7 Å². The van der Waals surface area contributed by atoms with Crippen molar-refractivity contribution < 1.29 is 17.9 Å². The molecule has 1 aliphatic rings. The molecular weight excluding hydrogens is 368 g/mol. The predicted octanol–water partition coefficient (Wildman–Crippen LogP) is 1.88. The Labute approximate surface area is 156 Å². The molecule has 0 unspecified atom stereocenters. The highest BCUT2D eigenvalue weighted by molar-refractivity contribution is 7.89. The van der Waals surface area contributed by atoms with Crippen molar-refractivity contribution in [3.63, 3.8) is 0 Å². The molecule has 140 valence electrons. The minimum Gasteiger partial charge on any atom is -0.480 e. The molecule has 0 bridgehead atoms. The van der Waals surface area contributed by atoms with Gasteiger partial charge in [-0.3, -0.25) is 4.98 Å². The summed E-state index contributed by atoms with van der Waals surface area (Å²) in [5.41, 5.74) is 0.477. The van der Waals surface area contributed by atoms with E-state index in [1.165, 1.54) is 11.4 Å². The van der Waals surface area contributed by atoms with E-state index in [4.69, 9.17) is 9.47 Å². The summed E-state index contributed by atoms with van der Waals surface area (Å²) in [6.07, 6.45) is 1.88. The molecule has 4 rings (SSSR count). The molecule has 0 aliphatic carbocycles. The highest BCUT2D eigenvalue weighted by Crippen LogP contribution is 2.27. The van der Waals surface area contributed by atoms with Crippen LogP contribution >= 0.6 is 0 Å². The van der Waals surface area contributed by atoms with E-state index < -0.39 is 10.0 Å². The van der Waals surface area contributed by atoms with Crippen LogP contribution in [0, 0.1) is 0 Å². The number of para-hydroxylation sites is 1. The number of nitrogens with zero attached hydrogens (tertiary/aromatic N) is 4. The van der Waals surface area contributed by atoms with Gasteiger partial charge in [-0.25, -0.2) is 8.42 Å². The van der Waals surface area contributed by atoms with Crippen LogP contribution in [0.4, 0.5) is 0 Å². The highest BCUT2D eigenvalue weighted by Gasteiger charge is 2.35. The second-order valence-electron chi connectivity index (χ2n) is 6.14. The number of aromatic nitrogens is 3. The van der Waals surface area contributed by atoms with Gasteiger partial charge >= 0.3 is 0 Å². The average Bonchev–Trinajstić information content (AvgIpc) is 3.17. The Morgan fingerprint density at radius 2 is 1.85 bits per heavy atom. The summed E-state index contributed by atoms with van der Waals surface area (Å²) < 4.78 is 38.4. The standard InChI is InChI=1S/C18H18N4O4S/c1-25-16-7-8-17(21-20-16)26-14-9-11-22(12-14)27(23,24)15-6-2-4-13-5-3-10-19-18(13)15/h2-8,10,14H,9,11-12H2,1H3/t14-/m1/s1. The number of rotatable bonds is 5. The lowest BCUT2D eigenvalue weighted by molar-refractivity contribution is 0.203. The van der Waals surface area contributed by atoms with E-state index in [2.05, 4.69) is 15.2 Å². The average molecular weight is 386 g/mol. The first-order chi connectivity index (χ1) is 13.1. The molecule has 0 N–H and O–H groups in total. The van der Waals surface area contributed by atoms with Crippen molar-refractivity contribution in [2.24, 2.45) is 0 Å². The van der Waals surface area contributed by atoms with E-state index >= 15 is 0 Å². The Morgan fingerprint density at radius 3 is 2.63 bits per heavy atom. The monoisotopic (exact) mass is 386 g/mol. The lowest BCUT2D eigenvalue weighted by atomic mass is 10.2. The minimum atomic E-state index is -3.67. The molecule has 1 aliphatic heterocycles. The first-order valence-corrected chi connectivity index (χ1v) is 9.90. The zero-order chi connectivity index (χ0) is 18.9. The zero-order valence-corrected chi connectivity index (χ0v) is 15.5. The van der Waals surface area contributed by atoms with Crippen LogP contribution in [-0.4, -0.2) is 54.2 Å². The summed E-state index contributed by atoms with van der Waals surface area (Å²) in [7, 11) is -2.16. The predicted molar refractivity (Wildman–Crippen MR) is 98.1 cm³/mol. The largest absolute Gasteiger partial charge is 0.480 e. The topological polar surface area (TPSA) is 94.5 Å².